The highest BCUT2D eigenvalue weighted by atomic mass is 15.1. The first-order valence-corrected chi connectivity index (χ1v) is 11.1. The fourth-order valence-electron chi connectivity index (χ4n) is 3.10. The number of aryl methyl sites for hydroxylation is 2. The number of hydrogen-bond acceptors (Lipinski definition) is 6. The number of benzene rings is 3. The maximum atomic E-state index is 4.67. The van der Waals surface area contributed by atoms with Gasteiger partial charge in [-0.3, -0.25) is 0 Å². The summed E-state index contributed by atoms with van der Waals surface area (Å²) in [7, 11) is 0. The molecule has 0 amide bonds. The zero-order valence-corrected chi connectivity index (χ0v) is 20.1. The number of nitrogens with two attached hydrogens (primary N) is 1. The Morgan fingerprint density at radius 2 is 1.09 bits per heavy atom. The van der Waals surface area contributed by atoms with Crippen LogP contribution < -0.4 is 16.4 Å². The van der Waals surface area contributed by atoms with Gasteiger partial charge in [0, 0.05) is 16.9 Å². The fraction of sp³-hybridized carbons (Fsp3) is 0.0690. The molecule has 0 bridgehead atoms. The van der Waals surface area contributed by atoms with Gasteiger partial charge in [-0.05, 0) is 44.3 Å². The van der Waals surface area contributed by atoms with Gasteiger partial charge in [-0.25, -0.2) is 15.0 Å². The predicted octanol–water partition coefficient (Wildman–Crippen LogP) is 6.41. The highest BCUT2D eigenvalue weighted by Crippen LogP contribution is 2.22. The largest absolute Gasteiger partial charge is 0.405 e. The molecule has 0 fully saturated rings. The standard InChI is InChI=1S/C27H25N5.C2H5N/c1-18-10-14-23(15-11-18)28-20(3)25-30-26(21(4)29-24-16-12-19(2)13-17-24)32-27(31-25)22-8-6-5-7-9-22;1-2-3/h5-17,28-29H,3-4H2,1-2H3;2H,1,3H2. The molecule has 0 aliphatic rings. The Morgan fingerprint density at radius 1 is 0.686 bits per heavy atom. The number of aromatic nitrogens is 3. The summed E-state index contributed by atoms with van der Waals surface area (Å²) in [4.78, 5) is 14.0. The molecule has 3 aromatic carbocycles. The molecule has 6 heteroatoms. The molecule has 0 saturated carbocycles. The Kier molecular flexibility index (Phi) is 8.51. The van der Waals surface area contributed by atoms with E-state index < -0.39 is 0 Å². The molecule has 4 aromatic rings. The monoisotopic (exact) mass is 462 g/mol. The normalized spacial score (nSPS) is 9.89. The van der Waals surface area contributed by atoms with Crippen LogP contribution in [-0.2, 0) is 0 Å². The third-order valence-electron chi connectivity index (χ3n) is 4.90. The van der Waals surface area contributed by atoms with E-state index in [1.807, 2.05) is 78.9 Å². The van der Waals surface area contributed by atoms with Gasteiger partial charge >= 0.3 is 0 Å². The molecule has 0 unspecified atom stereocenters. The summed E-state index contributed by atoms with van der Waals surface area (Å²) in [6.45, 7) is 15.6. The Bertz CT molecular complexity index is 1220. The van der Waals surface area contributed by atoms with Gasteiger partial charge in [-0.15, -0.1) is 0 Å². The van der Waals surface area contributed by atoms with Crippen LogP contribution in [0.4, 0.5) is 11.4 Å². The molecule has 35 heavy (non-hydrogen) atoms. The molecule has 0 atom stereocenters. The Hall–Kier alpha value is -4.71. The second-order valence-electron chi connectivity index (χ2n) is 7.85. The third kappa shape index (κ3) is 7.14. The average molecular weight is 463 g/mol. The minimum Gasteiger partial charge on any atom is -0.405 e. The van der Waals surface area contributed by atoms with Crippen molar-refractivity contribution in [1.82, 2.24) is 15.0 Å². The van der Waals surface area contributed by atoms with Gasteiger partial charge in [0.2, 0.25) is 0 Å². The molecule has 0 aliphatic heterocycles. The molecule has 1 heterocycles. The van der Waals surface area contributed by atoms with Crippen LogP contribution in [-0.4, -0.2) is 15.0 Å². The maximum Gasteiger partial charge on any atom is 0.179 e. The van der Waals surface area contributed by atoms with Crippen LogP contribution >= 0.6 is 0 Å². The molecular weight excluding hydrogens is 432 g/mol. The van der Waals surface area contributed by atoms with Gasteiger partial charge in [0.1, 0.15) is 0 Å². The number of rotatable bonds is 7. The Balaban J connectivity index is 0.00000108. The minimum absolute atomic E-state index is 0.460. The van der Waals surface area contributed by atoms with Crippen molar-refractivity contribution >= 4 is 22.8 Å². The number of hydrogen-bond donors (Lipinski definition) is 3. The van der Waals surface area contributed by atoms with Crippen molar-refractivity contribution in [3.05, 3.63) is 128 Å². The smallest absolute Gasteiger partial charge is 0.179 e. The lowest BCUT2D eigenvalue weighted by atomic mass is 10.2. The molecule has 4 rings (SSSR count). The van der Waals surface area contributed by atoms with E-state index in [-0.39, 0.29) is 0 Å². The van der Waals surface area contributed by atoms with Crippen molar-refractivity contribution in [1.29, 1.82) is 0 Å². The zero-order chi connectivity index (χ0) is 25.2. The van der Waals surface area contributed by atoms with Crippen LogP contribution in [0.2, 0.25) is 0 Å². The van der Waals surface area contributed by atoms with E-state index in [4.69, 9.17) is 0 Å². The van der Waals surface area contributed by atoms with Crippen molar-refractivity contribution < 1.29 is 0 Å². The topological polar surface area (TPSA) is 88.8 Å². The summed E-state index contributed by atoms with van der Waals surface area (Å²) in [5.41, 5.74) is 10.9. The summed E-state index contributed by atoms with van der Waals surface area (Å²) in [6, 6.07) is 26.0. The molecule has 6 nitrogen and oxygen atoms in total. The molecular formula is C29H30N6. The van der Waals surface area contributed by atoms with Crippen LogP contribution in [0, 0.1) is 13.8 Å². The summed E-state index contributed by atoms with van der Waals surface area (Å²) >= 11 is 0. The van der Waals surface area contributed by atoms with E-state index in [1.54, 1.807) is 0 Å². The third-order valence-corrected chi connectivity index (χ3v) is 4.90. The average Bonchev–Trinajstić information content (AvgIpc) is 2.87. The van der Waals surface area contributed by atoms with E-state index >= 15 is 0 Å². The molecule has 0 aliphatic carbocycles. The van der Waals surface area contributed by atoms with Gasteiger partial charge in [-0.1, -0.05) is 85.5 Å². The van der Waals surface area contributed by atoms with Crippen LogP contribution in [0.1, 0.15) is 22.8 Å². The quantitative estimate of drug-likeness (QED) is 0.294. The van der Waals surface area contributed by atoms with E-state index in [1.165, 1.54) is 17.3 Å². The molecule has 0 radical (unpaired) electrons. The highest BCUT2D eigenvalue weighted by Gasteiger charge is 2.14. The van der Waals surface area contributed by atoms with E-state index in [0.29, 0.717) is 28.9 Å². The maximum absolute atomic E-state index is 4.67. The van der Waals surface area contributed by atoms with Crippen molar-refractivity contribution in [2.45, 2.75) is 13.8 Å². The zero-order valence-electron chi connectivity index (χ0n) is 20.1. The van der Waals surface area contributed by atoms with Gasteiger partial charge in [0.25, 0.3) is 0 Å². The molecule has 1 aromatic heterocycles. The Labute approximate surface area is 207 Å². The van der Waals surface area contributed by atoms with Crippen LogP contribution in [0.5, 0.6) is 0 Å². The van der Waals surface area contributed by atoms with Crippen LogP contribution in [0.15, 0.2) is 105 Å². The second kappa shape index (κ2) is 12.0. The predicted molar refractivity (Wildman–Crippen MR) is 147 cm³/mol. The molecule has 4 N–H and O–H groups in total. The number of nitrogens with zero attached hydrogens (tertiary/aromatic N) is 3. The van der Waals surface area contributed by atoms with Gasteiger partial charge < -0.3 is 16.4 Å². The van der Waals surface area contributed by atoms with Crippen molar-refractivity contribution in [3.63, 3.8) is 0 Å². The summed E-state index contributed by atoms with van der Waals surface area (Å²) in [5.74, 6) is 1.48. The van der Waals surface area contributed by atoms with Crippen LogP contribution in [0.25, 0.3) is 22.8 Å². The summed E-state index contributed by atoms with van der Waals surface area (Å²) in [6.07, 6.45) is 1.25. The first-order valence-electron chi connectivity index (χ1n) is 11.1. The van der Waals surface area contributed by atoms with Crippen LogP contribution in [0.3, 0.4) is 0 Å². The highest BCUT2D eigenvalue weighted by molar-refractivity contribution is 5.76. The lowest BCUT2D eigenvalue weighted by molar-refractivity contribution is 0.997. The number of nitrogens with one attached hydrogen (secondary N) is 2. The van der Waals surface area contributed by atoms with E-state index in [9.17, 15) is 0 Å². The summed E-state index contributed by atoms with van der Waals surface area (Å²) in [5, 5.41) is 6.58. The fourth-order valence-corrected chi connectivity index (χ4v) is 3.10. The molecule has 176 valence electrons. The Morgan fingerprint density at radius 3 is 1.49 bits per heavy atom. The molecule has 0 spiro atoms. The van der Waals surface area contributed by atoms with E-state index in [0.717, 1.165) is 16.9 Å². The molecule has 0 saturated heterocycles. The second-order valence-corrected chi connectivity index (χ2v) is 7.85. The van der Waals surface area contributed by atoms with Gasteiger partial charge in [-0.2, -0.15) is 0 Å². The lowest BCUT2D eigenvalue weighted by Gasteiger charge is -2.14. The first-order chi connectivity index (χ1) is 16.9. The van der Waals surface area contributed by atoms with Crippen molar-refractivity contribution in [3.8, 4) is 11.4 Å². The SMILES string of the molecule is C=C(Nc1ccc(C)cc1)c1nc(C(=C)Nc2ccc(C)cc2)nc(-c2ccccc2)n1.C=CN. The van der Waals surface area contributed by atoms with Gasteiger partial charge in [0.05, 0.1) is 11.4 Å². The minimum atomic E-state index is 0.460. The van der Waals surface area contributed by atoms with Crippen molar-refractivity contribution in [2.24, 2.45) is 5.73 Å². The summed E-state index contributed by atoms with van der Waals surface area (Å²) < 4.78 is 0. The van der Waals surface area contributed by atoms with E-state index in [2.05, 4.69) is 64.9 Å². The lowest BCUT2D eigenvalue weighted by Crippen LogP contribution is -2.10. The van der Waals surface area contributed by atoms with Gasteiger partial charge in [0.15, 0.2) is 17.5 Å². The number of anilines is 2. The first kappa shape index (κ1) is 24.9. The van der Waals surface area contributed by atoms with Crippen molar-refractivity contribution in [2.75, 3.05) is 10.6 Å².